The highest BCUT2D eigenvalue weighted by Gasteiger charge is 2.30. The van der Waals surface area contributed by atoms with Crippen molar-refractivity contribution in [2.24, 2.45) is 0 Å². The molecule has 0 atom stereocenters. The van der Waals surface area contributed by atoms with Crippen LogP contribution in [0.3, 0.4) is 0 Å². The first-order valence-corrected chi connectivity index (χ1v) is 7.32. The van der Waals surface area contributed by atoms with E-state index in [1.807, 2.05) is 4.90 Å². The minimum atomic E-state index is -4.41. The summed E-state index contributed by atoms with van der Waals surface area (Å²) in [6.45, 7) is 2.42. The Hall–Kier alpha value is -2.55. The molecule has 2 heterocycles. The van der Waals surface area contributed by atoms with E-state index >= 15 is 0 Å². The van der Waals surface area contributed by atoms with E-state index in [1.165, 1.54) is 18.5 Å². The summed E-state index contributed by atoms with van der Waals surface area (Å²) in [7, 11) is 0. The fourth-order valence-corrected chi connectivity index (χ4v) is 2.42. The fraction of sp³-hybridized carbons (Fsp3) is 0.333. The maximum absolute atomic E-state index is 12.8. The van der Waals surface area contributed by atoms with Gasteiger partial charge in [-0.05, 0) is 18.2 Å². The summed E-state index contributed by atoms with van der Waals surface area (Å²) in [5.41, 5.74) is 5.89. The normalized spacial score (nSPS) is 15.4. The molecule has 128 valence electrons. The van der Waals surface area contributed by atoms with Crippen LogP contribution in [0.1, 0.15) is 5.56 Å². The first kappa shape index (κ1) is 16.3. The zero-order chi connectivity index (χ0) is 17.2. The van der Waals surface area contributed by atoms with Crippen molar-refractivity contribution in [2.75, 3.05) is 42.3 Å². The van der Waals surface area contributed by atoms with Gasteiger partial charge >= 0.3 is 6.18 Å². The molecule has 6 nitrogen and oxygen atoms in total. The third-order valence-electron chi connectivity index (χ3n) is 3.63. The summed E-state index contributed by atoms with van der Waals surface area (Å²) in [5, 5.41) is 2.83. The van der Waals surface area contributed by atoms with Crippen LogP contribution < -0.4 is 16.0 Å². The highest BCUT2D eigenvalue weighted by Crippen LogP contribution is 2.33. The van der Waals surface area contributed by atoms with Crippen molar-refractivity contribution >= 4 is 23.0 Å². The summed E-state index contributed by atoms with van der Waals surface area (Å²) < 4.78 is 43.7. The quantitative estimate of drug-likeness (QED) is 0.895. The van der Waals surface area contributed by atoms with Gasteiger partial charge < -0.3 is 20.7 Å². The summed E-state index contributed by atoms with van der Waals surface area (Å²) >= 11 is 0. The van der Waals surface area contributed by atoms with Gasteiger partial charge in [-0.2, -0.15) is 13.2 Å². The van der Waals surface area contributed by atoms with Crippen molar-refractivity contribution in [3.63, 3.8) is 0 Å². The molecule has 0 bridgehead atoms. The average molecular weight is 339 g/mol. The number of nitrogen functional groups attached to an aromatic ring is 1. The van der Waals surface area contributed by atoms with Crippen LogP contribution in [0, 0.1) is 0 Å². The molecule has 3 N–H and O–H groups in total. The maximum Gasteiger partial charge on any atom is 0.416 e. The molecule has 0 saturated carbocycles. The summed E-state index contributed by atoms with van der Waals surface area (Å²) in [6, 6.07) is 4.86. The number of aromatic nitrogens is 2. The second kappa shape index (κ2) is 6.52. The maximum atomic E-state index is 12.8. The van der Waals surface area contributed by atoms with E-state index in [9.17, 15) is 13.2 Å². The van der Waals surface area contributed by atoms with Crippen LogP contribution in [-0.2, 0) is 10.9 Å². The van der Waals surface area contributed by atoms with Crippen LogP contribution in [0.25, 0.3) is 0 Å². The van der Waals surface area contributed by atoms with Gasteiger partial charge in [0.25, 0.3) is 0 Å². The first-order chi connectivity index (χ1) is 11.4. The zero-order valence-electron chi connectivity index (χ0n) is 12.7. The number of ether oxygens (including phenoxy) is 1. The Morgan fingerprint density at radius 2 is 1.92 bits per heavy atom. The molecule has 0 aliphatic carbocycles. The SMILES string of the molecule is Nc1c(Nc2cccc(C(F)(F)F)c2)ncnc1N1CCOCC1. The molecular formula is C15H16F3N5O. The van der Waals surface area contributed by atoms with Crippen LogP contribution >= 0.6 is 0 Å². The molecule has 2 aromatic rings. The lowest BCUT2D eigenvalue weighted by molar-refractivity contribution is -0.137. The Bertz CT molecular complexity index is 716. The number of alkyl halides is 3. The Morgan fingerprint density at radius 3 is 2.62 bits per heavy atom. The monoisotopic (exact) mass is 339 g/mol. The minimum absolute atomic E-state index is 0.253. The second-order valence-electron chi connectivity index (χ2n) is 5.26. The van der Waals surface area contributed by atoms with E-state index in [-0.39, 0.29) is 17.2 Å². The molecule has 0 amide bonds. The number of morpholine rings is 1. The van der Waals surface area contributed by atoms with Crippen molar-refractivity contribution < 1.29 is 17.9 Å². The zero-order valence-corrected chi connectivity index (χ0v) is 12.7. The molecule has 1 aliphatic heterocycles. The standard InChI is InChI=1S/C15H16F3N5O/c16-15(17,18)10-2-1-3-11(8-10)22-13-12(19)14(21-9-20-13)23-4-6-24-7-5-23/h1-3,8-9H,4-7,19H2,(H,20,21,22). The van der Waals surface area contributed by atoms with Crippen molar-refractivity contribution in [2.45, 2.75) is 6.18 Å². The van der Waals surface area contributed by atoms with Crippen molar-refractivity contribution in [1.82, 2.24) is 9.97 Å². The Morgan fingerprint density at radius 1 is 1.17 bits per heavy atom. The third kappa shape index (κ3) is 3.51. The van der Waals surface area contributed by atoms with Crippen molar-refractivity contribution in [1.29, 1.82) is 0 Å². The van der Waals surface area contributed by atoms with Gasteiger partial charge in [0, 0.05) is 18.8 Å². The average Bonchev–Trinajstić information content (AvgIpc) is 2.57. The number of hydrogen-bond acceptors (Lipinski definition) is 6. The van der Waals surface area contributed by atoms with Gasteiger partial charge in [-0.1, -0.05) is 6.07 Å². The third-order valence-corrected chi connectivity index (χ3v) is 3.63. The first-order valence-electron chi connectivity index (χ1n) is 7.32. The lowest BCUT2D eigenvalue weighted by atomic mass is 10.2. The molecule has 24 heavy (non-hydrogen) atoms. The molecule has 0 spiro atoms. The van der Waals surface area contributed by atoms with Crippen LogP contribution in [0.15, 0.2) is 30.6 Å². The Labute approximate surface area is 136 Å². The molecule has 9 heteroatoms. The summed E-state index contributed by atoms with van der Waals surface area (Å²) in [6.07, 6.45) is -3.08. The van der Waals surface area contributed by atoms with Crippen molar-refractivity contribution in [3.05, 3.63) is 36.2 Å². The predicted molar refractivity (Wildman–Crippen MR) is 84.2 cm³/mol. The van der Waals surface area contributed by atoms with E-state index in [0.717, 1.165) is 12.1 Å². The van der Waals surface area contributed by atoms with Crippen LogP contribution in [-0.4, -0.2) is 36.3 Å². The largest absolute Gasteiger partial charge is 0.416 e. The van der Waals surface area contributed by atoms with Crippen LogP contribution in [0.5, 0.6) is 0 Å². The van der Waals surface area contributed by atoms with Gasteiger partial charge in [-0.25, -0.2) is 9.97 Å². The fourth-order valence-electron chi connectivity index (χ4n) is 2.42. The number of nitrogens with two attached hydrogens (primary N) is 1. The number of nitrogens with zero attached hydrogens (tertiary/aromatic N) is 3. The number of hydrogen-bond donors (Lipinski definition) is 2. The van der Waals surface area contributed by atoms with Crippen LogP contribution in [0.4, 0.5) is 36.2 Å². The molecule has 1 aromatic heterocycles. The lowest BCUT2D eigenvalue weighted by Gasteiger charge is -2.29. The van der Waals surface area contributed by atoms with Crippen molar-refractivity contribution in [3.8, 4) is 0 Å². The van der Waals surface area contributed by atoms with E-state index in [0.29, 0.717) is 32.1 Å². The molecule has 1 aromatic carbocycles. The molecular weight excluding hydrogens is 323 g/mol. The second-order valence-corrected chi connectivity index (χ2v) is 5.26. The van der Waals surface area contributed by atoms with Gasteiger partial charge in [0.1, 0.15) is 12.0 Å². The van der Waals surface area contributed by atoms with Gasteiger partial charge in [-0.15, -0.1) is 0 Å². The summed E-state index contributed by atoms with van der Waals surface area (Å²) in [5.74, 6) is 0.814. The number of rotatable bonds is 3. The van der Waals surface area contributed by atoms with Crippen LogP contribution in [0.2, 0.25) is 0 Å². The molecule has 0 radical (unpaired) electrons. The minimum Gasteiger partial charge on any atom is -0.393 e. The number of nitrogens with one attached hydrogen (secondary N) is 1. The molecule has 1 saturated heterocycles. The molecule has 1 aliphatic rings. The molecule has 1 fully saturated rings. The summed E-state index contributed by atoms with van der Waals surface area (Å²) in [4.78, 5) is 10.2. The topological polar surface area (TPSA) is 76.3 Å². The van der Waals surface area contributed by atoms with Gasteiger partial charge in [-0.3, -0.25) is 0 Å². The predicted octanol–water partition coefficient (Wildman–Crippen LogP) is 2.66. The Balaban J connectivity index is 1.85. The lowest BCUT2D eigenvalue weighted by Crippen LogP contribution is -2.37. The molecule has 0 unspecified atom stereocenters. The number of halogens is 3. The highest BCUT2D eigenvalue weighted by atomic mass is 19.4. The molecule has 3 rings (SSSR count). The number of benzene rings is 1. The van der Waals surface area contributed by atoms with Gasteiger partial charge in [0.2, 0.25) is 0 Å². The van der Waals surface area contributed by atoms with Gasteiger partial charge in [0.15, 0.2) is 11.6 Å². The van der Waals surface area contributed by atoms with E-state index < -0.39 is 11.7 Å². The van der Waals surface area contributed by atoms with Gasteiger partial charge in [0.05, 0.1) is 18.8 Å². The van der Waals surface area contributed by atoms with E-state index in [4.69, 9.17) is 10.5 Å². The smallest absolute Gasteiger partial charge is 0.393 e. The van der Waals surface area contributed by atoms with E-state index in [1.54, 1.807) is 0 Å². The highest BCUT2D eigenvalue weighted by molar-refractivity contribution is 5.78. The number of anilines is 4. The Kier molecular flexibility index (Phi) is 4.43. The van der Waals surface area contributed by atoms with E-state index in [2.05, 4.69) is 15.3 Å².